The van der Waals surface area contributed by atoms with Crippen molar-refractivity contribution in [2.45, 2.75) is 13.8 Å². The molecule has 2 rings (SSSR count). The molecule has 19 heavy (non-hydrogen) atoms. The first-order valence-corrected chi connectivity index (χ1v) is 6.29. The molecule has 0 atom stereocenters. The minimum atomic E-state index is -0.263. The average Bonchev–Trinajstić information content (AvgIpc) is 2.32. The molecule has 2 aromatic carbocycles. The number of carbonyl (C=O) groups is 1. The fraction of sp³-hybridized carbons (Fsp3) is 0.133. The van der Waals surface area contributed by atoms with Crippen LogP contribution in [0.25, 0.3) is 0 Å². The van der Waals surface area contributed by atoms with Gasteiger partial charge in [-0.2, -0.15) is 0 Å². The van der Waals surface area contributed by atoms with Crippen LogP contribution in [-0.4, -0.2) is 5.91 Å². The first-order chi connectivity index (χ1) is 8.97. The minimum Gasteiger partial charge on any atom is -0.397 e. The van der Waals surface area contributed by atoms with Crippen LogP contribution in [0.3, 0.4) is 0 Å². The molecule has 0 saturated carbocycles. The number of hydrogen-bond acceptors (Lipinski definition) is 2. The molecule has 0 aliphatic heterocycles. The highest BCUT2D eigenvalue weighted by Gasteiger charge is 2.11. The molecule has 0 aliphatic rings. The highest BCUT2D eigenvalue weighted by Crippen LogP contribution is 2.23. The maximum absolute atomic E-state index is 12.1. The molecule has 98 valence electrons. The van der Waals surface area contributed by atoms with E-state index in [2.05, 4.69) is 5.32 Å². The Labute approximate surface area is 117 Å². The molecular weight excluding hydrogens is 260 g/mol. The summed E-state index contributed by atoms with van der Waals surface area (Å²) in [6, 6.07) is 10.8. The Morgan fingerprint density at radius 2 is 1.74 bits per heavy atom. The van der Waals surface area contributed by atoms with E-state index in [4.69, 9.17) is 17.3 Å². The lowest BCUT2D eigenvalue weighted by Crippen LogP contribution is -2.13. The number of benzene rings is 2. The van der Waals surface area contributed by atoms with Crippen LogP contribution in [0.2, 0.25) is 5.02 Å². The quantitative estimate of drug-likeness (QED) is 0.819. The number of aryl methyl sites for hydroxylation is 2. The summed E-state index contributed by atoms with van der Waals surface area (Å²) in [5.74, 6) is -0.263. The van der Waals surface area contributed by atoms with Gasteiger partial charge in [0.1, 0.15) is 0 Å². The van der Waals surface area contributed by atoms with Gasteiger partial charge >= 0.3 is 0 Å². The predicted molar refractivity (Wildman–Crippen MR) is 79.7 cm³/mol. The van der Waals surface area contributed by atoms with Crippen molar-refractivity contribution in [3.63, 3.8) is 0 Å². The van der Waals surface area contributed by atoms with Crippen molar-refractivity contribution in [1.82, 2.24) is 0 Å². The second-order valence-corrected chi connectivity index (χ2v) is 4.94. The van der Waals surface area contributed by atoms with Gasteiger partial charge in [0.25, 0.3) is 5.91 Å². The Kier molecular flexibility index (Phi) is 3.76. The summed E-state index contributed by atoms with van der Waals surface area (Å²) in [5.41, 5.74) is 9.48. The number of nitrogens with one attached hydrogen (secondary N) is 1. The van der Waals surface area contributed by atoms with Gasteiger partial charge < -0.3 is 11.1 Å². The maximum Gasteiger partial charge on any atom is 0.257 e. The molecule has 0 heterocycles. The van der Waals surface area contributed by atoms with Crippen LogP contribution in [0.5, 0.6) is 0 Å². The van der Waals surface area contributed by atoms with E-state index in [1.54, 1.807) is 18.2 Å². The Hall–Kier alpha value is -2.00. The smallest absolute Gasteiger partial charge is 0.257 e. The number of anilines is 2. The van der Waals surface area contributed by atoms with E-state index in [1.165, 1.54) is 0 Å². The lowest BCUT2D eigenvalue weighted by Gasteiger charge is -2.10. The molecule has 4 heteroatoms. The van der Waals surface area contributed by atoms with Gasteiger partial charge in [0, 0.05) is 0 Å². The molecule has 0 aromatic heterocycles. The normalized spacial score (nSPS) is 10.3. The summed E-state index contributed by atoms with van der Waals surface area (Å²) in [6.07, 6.45) is 0. The first kappa shape index (κ1) is 13.4. The largest absolute Gasteiger partial charge is 0.397 e. The number of rotatable bonds is 2. The zero-order valence-electron chi connectivity index (χ0n) is 10.8. The van der Waals surface area contributed by atoms with E-state index in [1.807, 2.05) is 32.0 Å². The van der Waals surface area contributed by atoms with Crippen LogP contribution in [0.4, 0.5) is 11.4 Å². The van der Waals surface area contributed by atoms with Crippen molar-refractivity contribution in [3.05, 3.63) is 58.1 Å². The lowest BCUT2D eigenvalue weighted by atomic mass is 10.1. The van der Waals surface area contributed by atoms with Crippen LogP contribution in [0, 0.1) is 13.8 Å². The number of halogens is 1. The number of carbonyl (C=O) groups excluding carboxylic acids is 1. The van der Waals surface area contributed by atoms with E-state index < -0.39 is 0 Å². The molecule has 3 nitrogen and oxygen atoms in total. The lowest BCUT2D eigenvalue weighted by molar-refractivity contribution is 0.102. The summed E-state index contributed by atoms with van der Waals surface area (Å²) < 4.78 is 0. The fourth-order valence-electron chi connectivity index (χ4n) is 1.79. The SMILES string of the molecule is Cc1ccc(NC(=O)c2ccc(C)cc2Cl)c(N)c1. The van der Waals surface area contributed by atoms with E-state index in [0.29, 0.717) is 22.0 Å². The molecule has 0 radical (unpaired) electrons. The molecule has 0 spiro atoms. The highest BCUT2D eigenvalue weighted by molar-refractivity contribution is 6.34. The Morgan fingerprint density at radius 1 is 1.11 bits per heavy atom. The third-order valence-corrected chi connectivity index (χ3v) is 3.14. The third-order valence-electron chi connectivity index (χ3n) is 2.82. The fourth-order valence-corrected chi connectivity index (χ4v) is 2.11. The Balaban J connectivity index is 2.25. The molecule has 0 unspecified atom stereocenters. The predicted octanol–water partition coefficient (Wildman–Crippen LogP) is 3.79. The van der Waals surface area contributed by atoms with Gasteiger partial charge in [0.15, 0.2) is 0 Å². The van der Waals surface area contributed by atoms with Gasteiger partial charge in [-0.15, -0.1) is 0 Å². The van der Waals surface area contributed by atoms with Gasteiger partial charge in [-0.05, 0) is 49.2 Å². The van der Waals surface area contributed by atoms with Crippen molar-refractivity contribution in [1.29, 1.82) is 0 Å². The zero-order valence-corrected chi connectivity index (χ0v) is 11.6. The maximum atomic E-state index is 12.1. The van der Waals surface area contributed by atoms with Gasteiger partial charge in [-0.1, -0.05) is 23.7 Å². The summed E-state index contributed by atoms with van der Waals surface area (Å²) in [4.78, 5) is 12.1. The van der Waals surface area contributed by atoms with Crippen molar-refractivity contribution < 1.29 is 4.79 Å². The van der Waals surface area contributed by atoms with E-state index in [-0.39, 0.29) is 5.91 Å². The first-order valence-electron chi connectivity index (χ1n) is 5.91. The van der Waals surface area contributed by atoms with Crippen LogP contribution < -0.4 is 11.1 Å². The molecule has 0 aliphatic carbocycles. The summed E-state index contributed by atoms with van der Waals surface area (Å²) >= 11 is 6.06. The highest BCUT2D eigenvalue weighted by atomic mass is 35.5. The second kappa shape index (κ2) is 5.33. The Bertz CT molecular complexity index is 638. The van der Waals surface area contributed by atoms with Gasteiger partial charge in [0.05, 0.1) is 22.0 Å². The van der Waals surface area contributed by atoms with Crippen LogP contribution >= 0.6 is 11.6 Å². The van der Waals surface area contributed by atoms with Crippen molar-refractivity contribution >= 4 is 28.9 Å². The van der Waals surface area contributed by atoms with E-state index >= 15 is 0 Å². The number of hydrogen-bond donors (Lipinski definition) is 2. The van der Waals surface area contributed by atoms with Crippen LogP contribution in [0.15, 0.2) is 36.4 Å². The standard InChI is InChI=1S/C15H15ClN2O/c1-9-3-5-11(12(16)7-9)15(19)18-14-6-4-10(2)8-13(14)17/h3-8H,17H2,1-2H3,(H,18,19). The molecule has 0 saturated heterocycles. The summed E-state index contributed by atoms with van der Waals surface area (Å²) in [7, 11) is 0. The molecule has 3 N–H and O–H groups in total. The number of nitrogens with two attached hydrogens (primary N) is 1. The minimum absolute atomic E-state index is 0.263. The van der Waals surface area contributed by atoms with Crippen molar-refractivity contribution in [3.8, 4) is 0 Å². The average molecular weight is 275 g/mol. The Morgan fingerprint density at radius 3 is 2.37 bits per heavy atom. The van der Waals surface area contributed by atoms with Crippen LogP contribution in [0.1, 0.15) is 21.5 Å². The monoisotopic (exact) mass is 274 g/mol. The van der Waals surface area contributed by atoms with Gasteiger partial charge in [-0.25, -0.2) is 0 Å². The molecule has 0 fully saturated rings. The third kappa shape index (κ3) is 3.06. The zero-order chi connectivity index (χ0) is 14.0. The molecule has 2 aromatic rings. The second-order valence-electron chi connectivity index (χ2n) is 4.53. The van der Waals surface area contributed by atoms with Crippen molar-refractivity contribution in [2.75, 3.05) is 11.1 Å². The van der Waals surface area contributed by atoms with E-state index in [0.717, 1.165) is 11.1 Å². The molecule has 1 amide bonds. The topological polar surface area (TPSA) is 55.1 Å². The van der Waals surface area contributed by atoms with Crippen molar-refractivity contribution in [2.24, 2.45) is 0 Å². The van der Waals surface area contributed by atoms with Gasteiger partial charge in [0.2, 0.25) is 0 Å². The van der Waals surface area contributed by atoms with Gasteiger partial charge in [-0.3, -0.25) is 4.79 Å². The number of amides is 1. The van der Waals surface area contributed by atoms with E-state index in [9.17, 15) is 4.79 Å². The number of nitrogen functional groups attached to an aromatic ring is 1. The summed E-state index contributed by atoms with van der Waals surface area (Å²) in [5, 5.41) is 3.20. The van der Waals surface area contributed by atoms with Crippen LogP contribution in [-0.2, 0) is 0 Å². The molecule has 0 bridgehead atoms. The molecular formula is C15H15ClN2O. The summed E-state index contributed by atoms with van der Waals surface area (Å²) in [6.45, 7) is 3.87.